The second kappa shape index (κ2) is 14.1. The van der Waals surface area contributed by atoms with Gasteiger partial charge in [0.1, 0.15) is 0 Å². The van der Waals surface area contributed by atoms with E-state index in [4.69, 9.17) is 4.74 Å². The average molecular weight is 530 g/mol. The van der Waals surface area contributed by atoms with Crippen molar-refractivity contribution < 1.29 is 14.3 Å². The van der Waals surface area contributed by atoms with Gasteiger partial charge < -0.3 is 9.64 Å². The van der Waals surface area contributed by atoms with Gasteiger partial charge in [-0.3, -0.25) is 9.69 Å². The molecule has 1 unspecified atom stereocenters. The first-order chi connectivity index (χ1) is 17.6. The van der Waals surface area contributed by atoms with Gasteiger partial charge in [-0.1, -0.05) is 74.7 Å². The van der Waals surface area contributed by atoms with Crippen molar-refractivity contribution >= 4 is 35.0 Å². The van der Waals surface area contributed by atoms with E-state index >= 15 is 0 Å². The third-order valence-corrected chi connectivity index (χ3v) is 9.20. The predicted molar refractivity (Wildman–Crippen MR) is 146 cm³/mol. The van der Waals surface area contributed by atoms with E-state index in [-0.39, 0.29) is 17.9 Å². The largest absolute Gasteiger partial charge is 0.461 e. The maximum Gasteiger partial charge on any atom is 0.357 e. The lowest BCUT2D eigenvalue weighted by Crippen LogP contribution is -2.46. The number of hydrogen-bond acceptors (Lipinski definition) is 7. The molecule has 2 aliphatic rings. The number of hydrogen-bond donors (Lipinski definition) is 0. The lowest BCUT2D eigenvalue weighted by atomic mass is 9.93. The number of carbonyl (C=O) groups excluding carboxylic acids is 2. The third kappa shape index (κ3) is 7.80. The Morgan fingerprint density at radius 3 is 2.78 bits per heavy atom. The first kappa shape index (κ1) is 27.1. The number of amides is 1. The molecule has 0 spiro atoms. The second-order valence-electron chi connectivity index (χ2n) is 9.82. The number of thiazole rings is 1. The number of ether oxygens (including phenoxy) is 1. The Labute approximate surface area is 223 Å². The van der Waals surface area contributed by atoms with Crippen LogP contribution in [0.2, 0.25) is 0 Å². The summed E-state index contributed by atoms with van der Waals surface area (Å²) in [5, 5.41) is 1.77. The number of unbranched alkanes of at least 4 members (excludes halogenated alkanes) is 1. The molecule has 1 saturated carbocycles. The first-order valence-corrected chi connectivity index (χ1v) is 15.3. The maximum absolute atomic E-state index is 12.8. The number of rotatable bonds is 13. The summed E-state index contributed by atoms with van der Waals surface area (Å²) in [6, 6.07) is 11.6. The van der Waals surface area contributed by atoms with Gasteiger partial charge in [0.2, 0.25) is 5.91 Å². The van der Waals surface area contributed by atoms with Crippen molar-refractivity contribution in [2.24, 2.45) is 0 Å². The number of carbonyl (C=O) groups is 2. The van der Waals surface area contributed by atoms with Crippen LogP contribution < -0.4 is 0 Å². The van der Waals surface area contributed by atoms with Gasteiger partial charge in [0, 0.05) is 49.3 Å². The Kier molecular flexibility index (Phi) is 10.7. The molecule has 1 atom stereocenters. The van der Waals surface area contributed by atoms with Crippen molar-refractivity contribution in [3.8, 4) is 0 Å². The summed E-state index contributed by atoms with van der Waals surface area (Å²) < 4.78 is 6.12. The van der Waals surface area contributed by atoms with E-state index in [0.717, 1.165) is 42.4 Å². The lowest BCUT2D eigenvalue weighted by molar-refractivity contribution is -0.129. The number of likely N-dealkylation sites (tertiary alicyclic amines) is 1. The summed E-state index contributed by atoms with van der Waals surface area (Å²) in [4.78, 5) is 34.1. The van der Waals surface area contributed by atoms with Gasteiger partial charge in [-0.25, -0.2) is 9.78 Å². The Hall–Kier alpha value is -1.90. The van der Waals surface area contributed by atoms with Crippen LogP contribution in [0.1, 0.15) is 80.8 Å². The Morgan fingerprint density at radius 1 is 1.19 bits per heavy atom. The number of aromatic nitrogens is 1. The van der Waals surface area contributed by atoms with Crippen LogP contribution in [0.25, 0.3) is 0 Å². The van der Waals surface area contributed by atoms with Gasteiger partial charge >= 0.3 is 5.97 Å². The molecule has 4 rings (SSSR count). The topological polar surface area (TPSA) is 62.7 Å². The molecule has 0 N–H and O–H groups in total. The number of benzene rings is 1. The minimum absolute atomic E-state index is 0.267. The molecule has 8 heteroatoms. The van der Waals surface area contributed by atoms with Crippen molar-refractivity contribution in [2.75, 3.05) is 25.4 Å². The monoisotopic (exact) mass is 529 g/mol. The van der Waals surface area contributed by atoms with Gasteiger partial charge in [0.05, 0.1) is 6.61 Å². The highest BCUT2D eigenvalue weighted by Gasteiger charge is 2.34. The molecular formula is C28H39N3O3S2. The van der Waals surface area contributed by atoms with Crippen LogP contribution >= 0.6 is 23.1 Å². The van der Waals surface area contributed by atoms with Crippen LogP contribution in [0.4, 0.5) is 0 Å². The third-order valence-electron chi connectivity index (χ3n) is 7.20. The van der Waals surface area contributed by atoms with Crippen LogP contribution in [-0.4, -0.2) is 64.2 Å². The summed E-state index contributed by atoms with van der Waals surface area (Å²) >= 11 is 3.09. The zero-order chi connectivity index (χ0) is 25.2. The van der Waals surface area contributed by atoms with Crippen LogP contribution in [0.15, 0.2) is 40.1 Å². The van der Waals surface area contributed by atoms with Crippen molar-refractivity contribution in [3.05, 3.63) is 47.0 Å². The van der Waals surface area contributed by atoms with Gasteiger partial charge in [0.15, 0.2) is 10.0 Å². The molecule has 1 aliphatic carbocycles. The van der Waals surface area contributed by atoms with E-state index in [1.54, 1.807) is 17.1 Å². The Bertz CT molecular complexity index is 962. The molecular weight excluding hydrogens is 490 g/mol. The number of esters is 1. The molecule has 196 valence electrons. The number of thioether (sulfide) groups is 1. The summed E-state index contributed by atoms with van der Waals surface area (Å²) in [7, 11) is 0. The van der Waals surface area contributed by atoms with Gasteiger partial charge in [-0.05, 0) is 31.2 Å². The molecule has 6 nitrogen and oxygen atoms in total. The normalized spacial score (nSPS) is 18.8. The minimum Gasteiger partial charge on any atom is -0.461 e. The van der Waals surface area contributed by atoms with Crippen LogP contribution in [0.5, 0.6) is 0 Å². The maximum atomic E-state index is 12.8. The van der Waals surface area contributed by atoms with E-state index in [2.05, 4.69) is 52.0 Å². The van der Waals surface area contributed by atoms with Gasteiger partial charge in [-0.15, -0.1) is 11.3 Å². The van der Waals surface area contributed by atoms with Crippen LogP contribution in [0.3, 0.4) is 0 Å². The lowest BCUT2D eigenvalue weighted by Gasteiger charge is -2.38. The average Bonchev–Trinajstić information content (AvgIpc) is 3.52. The molecule has 0 bridgehead atoms. The van der Waals surface area contributed by atoms with Crippen molar-refractivity contribution in [2.45, 2.75) is 87.7 Å². The molecule has 1 saturated heterocycles. The fourth-order valence-corrected chi connectivity index (χ4v) is 7.00. The van der Waals surface area contributed by atoms with E-state index in [1.807, 2.05) is 0 Å². The summed E-state index contributed by atoms with van der Waals surface area (Å²) in [5.74, 6) is 0.702. The molecule has 1 aliphatic heterocycles. The molecule has 2 heterocycles. The summed E-state index contributed by atoms with van der Waals surface area (Å²) in [6.45, 7) is 5.12. The Morgan fingerprint density at radius 2 is 2.00 bits per heavy atom. The van der Waals surface area contributed by atoms with Crippen molar-refractivity contribution in [1.82, 2.24) is 14.8 Å². The highest BCUT2D eigenvalue weighted by Crippen LogP contribution is 2.29. The summed E-state index contributed by atoms with van der Waals surface area (Å²) in [5.41, 5.74) is 1.74. The second-order valence-corrected chi connectivity index (χ2v) is 12.0. The SMILES string of the molecule is CCCCOC(=O)c1csc(SCCN2C(=O)CCC2CN(Cc2ccccc2)C2CCCCC2)n1. The van der Waals surface area contributed by atoms with Gasteiger partial charge in [0.25, 0.3) is 0 Å². The van der Waals surface area contributed by atoms with Crippen molar-refractivity contribution in [3.63, 3.8) is 0 Å². The molecule has 1 amide bonds. The van der Waals surface area contributed by atoms with E-state index in [1.165, 1.54) is 49.0 Å². The standard InChI is InChI=1S/C28H39N3O3S2/c1-2-3-17-34-27(33)25-21-36-28(29-25)35-18-16-31-24(14-15-26(31)32)20-30(23-12-8-5-9-13-23)19-22-10-6-4-7-11-22/h4,6-7,10-11,21,23-24H,2-3,5,8-9,12-20H2,1H3. The molecule has 1 aromatic carbocycles. The Balaban J connectivity index is 1.31. The van der Waals surface area contributed by atoms with Crippen LogP contribution in [-0.2, 0) is 16.1 Å². The zero-order valence-electron chi connectivity index (χ0n) is 21.4. The minimum atomic E-state index is -0.345. The van der Waals surface area contributed by atoms with Crippen molar-refractivity contribution in [1.29, 1.82) is 0 Å². The quantitative estimate of drug-likeness (QED) is 0.180. The molecule has 2 fully saturated rings. The fourth-order valence-electron chi connectivity index (χ4n) is 5.20. The van der Waals surface area contributed by atoms with Gasteiger partial charge in [-0.2, -0.15) is 0 Å². The fraction of sp³-hybridized carbons (Fsp3) is 0.607. The summed E-state index contributed by atoms with van der Waals surface area (Å²) in [6.07, 6.45) is 9.92. The molecule has 36 heavy (non-hydrogen) atoms. The van der Waals surface area contributed by atoms with E-state index in [0.29, 0.717) is 31.3 Å². The first-order valence-electron chi connectivity index (χ1n) is 13.5. The number of nitrogens with zero attached hydrogens (tertiary/aromatic N) is 3. The van der Waals surface area contributed by atoms with Crippen LogP contribution in [0, 0.1) is 0 Å². The highest BCUT2D eigenvalue weighted by atomic mass is 32.2. The van der Waals surface area contributed by atoms with E-state index in [9.17, 15) is 9.59 Å². The smallest absolute Gasteiger partial charge is 0.357 e. The zero-order valence-corrected chi connectivity index (χ0v) is 23.0. The highest BCUT2D eigenvalue weighted by molar-refractivity contribution is 8.01. The predicted octanol–water partition coefficient (Wildman–Crippen LogP) is 6.02. The molecule has 2 aromatic rings. The van der Waals surface area contributed by atoms with E-state index < -0.39 is 0 Å². The molecule has 0 radical (unpaired) electrons. The molecule has 1 aromatic heterocycles.